The molecule has 2 heterocycles. The molecule has 0 radical (unpaired) electrons. The molecule has 19 heavy (non-hydrogen) atoms. The van der Waals surface area contributed by atoms with Crippen molar-refractivity contribution in [1.82, 2.24) is 4.98 Å². The van der Waals surface area contributed by atoms with Crippen LogP contribution in [-0.4, -0.2) is 11.2 Å². The Morgan fingerprint density at radius 1 is 1.32 bits per heavy atom. The second-order valence-electron chi connectivity index (χ2n) is 4.39. The van der Waals surface area contributed by atoms with Crippen molar-refractivity contribution in [3.05, 3.63) is 54.0 Å². The molecular formula is C17H24N2. The first kappa shape index (κ1) is 15.4. The smallest absolute Gasteiger partial charge is 0.0306 e. The summed E-state index contributed by atoms with van der Waals surface area (Å²) < 4.78 is 0. The van der Waals surface area contributed by atoms with Crippen molar-refractivity contribution in [2.45, 2.75) is 40.0 Å². The zero-order chi connectivity index (χ0) is 14.1. The first-order valence-corrected chi connectivity index (χ1v) is 7.12. The highest BCUT2D eigenvalue weighted by Crippen LogP contribution is 2.29. The van der Waals surface area contributed by atoms with Gasteiger partial charge < -0.3 is 0 Å². The number of aliphatic imine (C=N–C) groups is 1. The standard InChI is InChI=1S/C15H18N2.C2H6/c1-3-15(13-5-4-8-16-10-13)14-7-6-12(2)9-17-11-14;1-2/h4-12,15H,3H2,1-2H3;1-2H3. The molecule has 2 atom stereocenters. The second-order valence-corrected chi connectivity index (χ2v) is 4.39. The van der Waals surface area contributed by atoms with Crippen molar-refractivity contribution < 1.29 is 0 Å². The topological polar surface area (TPSA) is 25.2 Å². The minimum absolute atomic E-state index is 0.391. The zero-order valence-corrected chi connectivity index (χ0v) is 12.4. The normalized spacial score (nSPS) is 18.9. The maximum absolute atomic E-state index is 4.36. The van der Waals surface area contributed by atoms with E-state index in [4.69, 9.17) is 0 Å². The fourth-order valence-corrected chi connectivity index (χ4v) is 2.07. The number of nitrogens with zero attached hydrogens (tertiary/aromatic N) is 2. The molecule has 0 aromatic carbocycles. The van der Waals surface area contributed by atoms with Crippen LogP contribution in [0.2, 0.25) is 0 Å². The molecule has 0 amide bonds. The fraction of sp³-hybridized carbons (Fsp3) is 0.412. The van der Waals surface area contributed by atoms with Gasteiger partial charge in [-0.1, -0.05) is 45.9 Å². The average molecular weight is 256 g/mol. The third-order valence-electron chi connectivity index (χ3n) is 3.03. The van der Waals surface area contributed by atoms with Crippen LogP contribution in [0, 0.1) is 5.92 Å². The maximum atomic E-state index is 4.36. The molecule has 1 aliphatic heterocycles. The van der Waals surface area contributed by atoms with Crippen molar-refractivity contribution in [1.29, 1.82) is 0 Å². The molecule has 0 bridgehead atoms. The molecule has 1 aromatic rings. The molecule has 2 rings (SSSR count). The van der Waals surface area contributed by atoms with E-state index in [1.165, 1.54) is 11.1 Å². The van der Waals surface area contributed by atoms with Gasteiger partial charge in [0.25, 0.3) is 0 Å². The number of rotatable bonds is 3. The third-order valence-corrected chi connectivity index (χ3v) is 3.03. The monoisotopic (exact) mass is 256 g/mol. The SMILES string of the molecule is CC.CCC(C1=CN=CC(C)C=C1)c1cccnc1. The largest absolute Gasteiger partial charge is 0.268 e. The minimum atomic E-state index is 0.391. The van der Waals surface area contributed by atoms with Gasteiger partial charge in [-0.25, -0.2) is 0 Å². The number of allylic oxidation sites excluding steroid dienone is 3. The Kier molecular flexibility index (Phi) is 6.80. The van der Waals surface area contributed by atoms with E-state index in [-0.39, 0.29) is 0 Å². The van der Waals surface area contributed by atoms with E-state index in [0.29, 0.717) is 11.8 Å². The molecule has 0 spiro atoms. The van der Waals surface area contributed by atoms with Gasteiger partial charge in [-0.05, 0) is 23.6 Å². The van der Waals surface area contributed by atoms with Gasteiger partial charge in [0.1, 0.15) is 0 Å². The van der Waals surface area contributed by atoms with Gasteiger partial charge in [0, 0.05) is 36.6 Å². The summed E-state index contributed by atoms with van der Waals surface area (Å²) in [6.45, 7) is 8.34. The van der Waals surface area contributed by atoms with Crippen molar-refractivity contribution in [2.75, 3.05) is 0 Å². The summed E-state index contributed by atoms with van der Waals surface area (Å²) >= 11 is 0. The number of hydrogen-bond acceptors (Lipinski definition) is 2. The van der Waals surface area contributed by atoms with Crippen LogP contribution in [-0.2, 0) is 0 Å². The summed E-state index contributed by atoms with van der Waals surface area (Å²) in [6, 6.07) is 4.12. The summed E-state index contributed by atoms with van der Waals surface area (Å²) in [5.74, 6) is 0.803. The highest BCUT2D eigenvalue weighted by atomic mass is 14.7. The number of aromatic nitrogens is 1. The second kappa shape index (κ2) is 8.41. The summed E-state index contributed by atoms with van der Waals surface area (Å²) in [7, 11) is 0. The molecule has 0 N–H and O–H groups in total. The van der Waals surface area contributed by atoms with Gasteiger partial charge >= 0.3 is 0 Å². The van der Waals surface area contributed by atoms with Crippen molar-refractivity contribution >= 4 is 6.21 Å². The zero-order valence-electron chi connectivity index (χ0n) is 12.4. The molecule has 1 aromatic heterocycles. The van der Waals surface area contributed by atoms with Gasteiger partial charge in [-0.15, -0.1) is 0 Å². The Morgan fingerprint density at radius 2 is 2.11 bits per heavy atom. The van der Waals surface area contributed by atoms with E-state index in [1.54, 1.807) is 0 Å². The van der Waals surface area contributed by atoms with Crippen LogP contribution in [0.15, 0.2) is 53.4 Å². The number of pyridine rings is 1. The van der Waals surface area contributed by atoms with Gasteiger partial charge in [-0.2, -0.15) is 0 Å². The molecule has 2 heteroatoms. The van der Waals surface area contributed by atoms with Crippen LogP contribution in [0.3, 0.4) is 0 Å². The van der Waals surface area contributed by atoms with E-state index in [1.807, 2.05) is 44.7 Å². The summed E-state index contributed by atoms with van der Waals surface area (Å²) in [5, 5.41) is 0. The van der Waals surface area contributed by atoms with Gasteiger partial charge in [0.2, 0.25) is 0 Å². The Morgan fingerprint density at radius 3 is 2.74 bits per heavy atom. The van der Waals surface area contributed by atoms with Crippen LogP contribution >= 0.6 is 0 Å². The molecule has 0 saturated heterocycles. The first-order chi connectivity index (χ1) is 9.31. The average Bonchev–Trinajstić information content (AvgIpc) is 2.68. The first-order valence-electron chi connectivity index (χ1n) is 7.12. The van der Waals surface area contributed by atoms with E-state index >= 15 is 0 Å². The van der Waals surface area contributed by atoms with Gasteiger partial charge in [0.05, 0.1) is 0 Å². The van der Waals surface area contributed by atoms with Crippen LogP contribution < -0.4 is 0 Å². The highest BCUT2D eigenvalue weighted by molar-refractivity contribution is 5.65. The van der Waals surface area contributed by atoms with Crippen LogP contribution in [0.1, 0.15) is 45.6 Å². The maximum Gasteiger partial charge on any atom is 0.0306 e. The van der Waals surface area contributed by atoms with Crippen molar-refractivity contribution in [3.63, 3.8) is 0 Å². The lowest BCUT2D eigenvalue weighted by Gasteiger charge is -2.15. The molecule has 0 fully saturated rings. The Bertz CT molecular complexity index is 444. The van der Waals surface area contributed by atoms with E-state index < -0.39 is 0 Å². The summed E-state index contributed by atoms with van der Waals surface area (Å²) in [4.78, 5) is 8.55. The molecular weight excluding hydrogens is 232 g/mol. The molecule has 1 aliphatic rings. The lowest BCUT2D eigenvalue weighted by atomic mass is 9.90. The molecule has 102 valence electrons. The van der Waals surface area contributed by atoms with E-state index in [2.05, 4.69) is 42.0 Å². The quantitative estimate of drug-likeness (QED) is 0.765. The summed E-state index contributed by atoms with van der Waals surface area (Å²) in [5.41, 5.74) is 2.52. The minimum Gasteiger partial charge on any atom is -0.268 e. The Labute approximate surface area is 117 Å². The molecule has 2 unspecified atom stereocenters. The van der Waals surface area contributed by atoms with Crippen LogP contribution in [0.25, 0.3) is 0 Å². The highest BCUT2D eigenvalue weighted by Gasteiger charge is 2.13. The number of hydrogen-bond donors (Lipinski definition) is 0. The lowest BCUT2D eigenvalue weighted by Crippen LogP contribution is -2.00. The van der Waals surface area contributed by atoms with Gasteiger partial charge in [-0.3, -0.25) is 9.98 Å². The van der Waals surface area contributed by atoms with Gasteiger partial charge in [0.15, 0.2) is 0 Å². The van der Waals surface area contributed by atoms with Crippen LogP contribution in [0.5, 0.6) is 0 Å². The molecule has 0 saturated carbocycles. The van der Waals surface area contributed by atoms with E-state index in [9.17, 15) is 0 Å². The third kappa shape index (κ3) is 4.47. The Balaban J connectivity index is 0.000000861. The fourth-order valence-electron chi connectivity index (χ4n) is 2.07. The Hall–Kier alpha value is -1.70. The summed E-state index contributed by atoms with van der Waals surface area (Å²) in [6.07, 6.45) is 13.2. The molecule has 0 aliphatic carbocycles. The molecule has 2 nitrogen and oxygen atoms in total. The van der Waals surface area contributed by atoms with E-state index in [0.717, 1.165) is 6.42 Å². The lowest BCUT2D eigenvalue weighted by molar-refractivity contribution is 0.769. The predicted molar refractivity (Wildman–Crippen MR) is 83.5 cm³/mol. The van der Waals surface area contributed by atoms with Crippen molar-refractivity contribution in [3.8, 4) is 0 Å². The predicted octanol–water partition coefficient (Wildman–Crippen LogP) is 4.76. The van der Waals surface area contributed by atoms with Crippen molar-refractivity contribution in [2.24, 2.45) is 10.9 Å². The van der Waals surface area contributed by atoms with Crippen LogP contribution in [0.4, 0.5) is 0 Å².